The topological polar surface area (TPSA) is 9.23 Å². The van der Waals surface area contributed by atoms with Crippen LogP contribution in [0.4, 0.5) is 0 Å². The monoisotopic (exact) mass is 370 g/mol. The molecule has 1 aliphatic carbocycles. The van der Waals surface area contributed by atoms with Gasteiger partial charge >= 0.3 is 0 Å². The first-order valence-electron chi connectivity index (χ1n) is 8.09. The maximum absolute atomic E-state index is 5.40. The molecule has 0 N–H and O–H groups in total. The van der Waals surface area contributed by atoms with Gasteiger partial charge in [-0.15, -0.1) is 6.58 Å². The summed E-state index contributed by atoms with van der Waals surface area (Å²) in [6.07, 6.45) is 4.41. The lowest BCUT2D eigenvalue weighted by molar-refractivity contribution is 0.411. The predicted molar refractivity (Wildman–Crippen MR) is 100 cm³/mol. The molecule has 0 heterocycles. The van der Waals surface area contributed by atoms with Crippen molar-refractivity contribution < 1.29 is 4.74 Å². The summed E-state index contributed by atoms with van der Waals surface area (Å²) in [6.45, 7) is 6.34. The third kappa shape index (κ3) is 3.37. The molecular weight excluding hydrogens is 348 g/mol. The Morgan fingerprint density at radius 2 is 1.96 bits per heavy atom. The van der Waals surface area contributed by atoms with Gasteiger partial charge < -0.3 is 4.74 Å². The van der Waals surface area contributed by atoms with Gasteiger partial charge in [0.05, 0.1) is 7.11 Å². The average Bonchev–Trinajstić information content (AvgIpc) is 2.87. The van der Waals surface area contributed by atoms with Crippen molar-refractivity contribution >= 4 is 15.9 Å². The van der Waals surface area contributed by atoms with Crippen LogP contribution in [0.25, 0.3) is 0 Å². The molecule has 1 atom stereocenters. The van der Waals surface area contributed by atoms with Gasteiger partial charge in [-0.3, -0.25) is 0 Å². The predicted octanol–water partition coefficient (Wildman–Crippen LogP) is 5.85. The second-order valence-electron chi connectivity index (χ2n) is 6.74. The summed E-state index contributed by atoms with van der Waals surface area (Å²) in [5.74, 6) is 0.957. The van der Waals surface area contributed by atoms with Crippen molar-refractivity contribution in [2.45, 2.75) is 38.0 Å². The molecule has 0 aromatic heterocycles. The summed E-state index contributed by atoms with van der Waals surface area (Å²) in [6, 6.07) is 15.3. The van der Waals surface area contributed by atoms with E-state index in [0.29, 0.717) is 0 Å². The van der Waals surface area contributed by atoms with Crippen LogP contribution in [0.2, 0.25) is 0 Å². The normalized spacial score (nSPS) is 19.4. The van der Waals surface area contributed by atoms with Crippen LogP contribution in [0.1, 0.15) is 36.5 Å². The molecule has 0 amide bonds. The summed E-state index contributed by atoms with van der Waals surface area (Å²) in [4.78, 5) is 0. The number of hydrogen-bond acceptors (Lipinski definition) is 1. The first-order chi connectivity index (χ1) is 11.0. The van der Waals surface area contributed by atoms with Crippen molar-refractivity contribution in [1.82, 2.24) is 0 Å². The van der Waals surface area contributed by atoms with Crippen molar-refractivity contribution in [3.05, 3.63) is 75.8 Å². The van der Waals surface area contributed by atoms with Crippen LogP contribution in [0.15, 0.2) is 59.1 Å². The summed E-state index contributed by atoms with van der Waals surface area (Å²) in [7, 11) is 1.74. The fourth-order valence-electron chi connectivity index (χ4n) is 3.93. The Morgan fingerprint density at radius 3 is 2.61 bits per heavy atom. The second kappa shape index (κ2) is 6.52. The van der Waals surface area contributed by atoms with E-state index in [2.05, 4.69) is 71.9 Å². The van der Waals surface area contributed by atoms with Crippen LogP contribution < -0.4 is 4.74 Å². The lowest BCUT2D eigenvalue weighted by Gasteiger charge is -2.31. The third-order valence-corrected chi connectivity index (χ3v) is 5.38. The Hall–Kier alpha value is -1.54. The molecule has 0 aliphatic heterocycles. The molecule has 23 heavy (non-hydrogen) atoms. The highest BCUT2D eigenvalue weighted by molar-refractivity contribution is 9.10. The Morgan fingerprint density at radius 1 is 1.22 bits per heavy atom. The Bertz CT molecular complexity index is 717. The number of aryl methyl sites for hydroxylation is 1. The first kappa shape index (κ1) is 16.3. The molecular formula is C21H23BrO. The van der Waals surface area contributed by atoms with Crippen LogP contribution in [0.3, 0.4) is 0 Å². The molecule has 2 heteroatoms. The number of benzene rings is 2. The maximum atomic E-state index is 5.40. The number of halogens is 1. The maximum Gasteiger partial charge on any atom is 0.119 e. The Kier molecular flexibility index (Phi) is 4.63. The van der Waals surface area contributed by atoms with Crippen molar-refractivity contribution in [1.29, 1.82) is 0 Å². The molecule has 1 aliphatic rings. The largest absolute Gasteiger partial charge is 0.497 e. The Balaban J connectivity index is 1.99. The second-order valence-corrected chi connectivity index (χ2v) is 7.66. The standard InChI is InChI=1S/C21H23BrO/c1-15(2)13-21(14-16-4-6-18(22)7-5-16)11-10-17-12-19(23-3)8-9-20(17)21/h4-9,12H,1,10-11,13-14H2,2-3H3. The van der Waals surface area contributed by atoms with E-state index in [4.69, 9.17) is 4.74 Å². The third-order valence-electron chi connectivity index (χ3n) is 4.85. The minimum Gasteiger partial charge on any atom is -0.497 e. The van der Waals surface area contributed by atoms with Crippen LogP contribution in [0, 0.1) is 0 Å². The number of allylic oxidation sites excluding steroid dienone is 1. The molecule has 0 radical (unpaired) electrons. The highest BCUT2D eigenvalue weighted by Gasteiger charge is 2.38. The molecule has 1 nitrogen and oxygen atoms in total. The van der Waals surface area contributed by atoms with Crippen molar-refractivity contribution in [2.75, 3.05) is 7.11 Å². The number of hydrogen-bond donors (Lipinski definition) is 0. The van der Waals surface area contributed by atoms with Crippen molar-refractivity contribution in [3.63, 3.8) is 0 Å². The van der Waals surface area contributed by atoms with E-state index >= 15 is 0 Å². The summed E-state index contributed by atoms with van der Waals surface area (Å²) >= 11 is 3.53. The molecule has 2 aromatic carbocycles. The fourth-order valence-corrected chi connectivity index (χ4v) is 4.19. The lowest BCUT2D eigenvalue weighted by Crippen LogP contribution is -2.26. The number of fused-ring (bicyclic) bond motifs is 1. The van der Waals surface area contributed by atoms with Gasteiger partial charge in [0.25, 0.3) is 0 Å². The van der Waals surface area contributed by atoms with E-state index in [1.54, 1.807) is 7.11 Å². The van der Waals surface area contributed by atoms with Gasteiger partial charge in [0.2, 0.25) is 0 Å². The molecule has 1 unspecified atom stereocenters. The minimum absolute atomic E-state index is 0.168. The molecule has 2 aromatic rings. The van der Waals surface area contributed by atoms with E-state index in [1.807, 2.05) is 0 Å². The number of rotatable bonds is 5. The zero-order valence-electron chi connectivity index (χ0n) is 13.9. The van der Waals surface area contributed by atoms with E-state index in [1.165, 1.54) is 28.7 Å². The molecule has 0 saturated heterocycles. The van der Waals surface area contributed by atoms with E-state index in [0.717, 1.165) is 29.5 Å². The van der Waals surface area contributed by atoms with Crippen LogP contribution >= 0.6 is 15.9 Å². The molecule has 0 saturated carbocycles. The van der Waals surface area contributed by atoms with E-state index in [9.17, 15) is 0 Å². The van der Waals surface area contributed by atoms with Crippen molar-refractivity contribution in [2.24, 2.45) is 0 Å². The van der Waals surface area contributed by atoms with Gasteiger partial charge in [0.1, 0.15) is 5.75 Å². The van der Waals surface area contributed by atoms with Crippen LogP contribution in [-0.4, -0.2) is 7.11 Å². The Labute approximate surface area is 147 Å². The van der Waals surface area contributed by atoms with E-state index < -0.39 is 0 Å². The van der Waals surface area contributed by atoms with Gasteiger partial charge in [-0.25, -0.2) is 0 Å². The molecule has 0 bridgehead atoms. The summed E-state index contributed by atoms with van der Waals surface area (Å²) in [5, 5.41) is 0. The van der Waals surface area contributed by atoms with Crippen molar-refractivity contribution in [3.8, 4) is 5.75 Å². The van der Waals surface area contributed by atoms with Gasteiger partial charge in [-0.2, -0.15) is 0 Å². The first-order valence-corrected chi connectivity index (χ1v) is 8.88. The van der Waals surface area contributed by atoms with E-state index in [-0.39, 0.29) is 5.41 Å². The molecule has 3 rings (SSSR count). The molecule has 0 spiro atoms. The highest BCUT2D eigenvalue weighted by Crippen LogP contribution is 2.46. The SMILES string of the molecule is C=C(C)CC1(Cc2ccc(Br)cc2)CCc2cc(OC)ccc21. The zero-order chi connectivity index (χ0) is 16.4. The van der Waals surface area contributed by atoms with Crippen LogP contribution in [-0.2, 0) is 18.3 Å². The number of ether oxygens (including phenoxy) is 1. The van der Waals surface area contributed by atoms with Gasteiger partial charge in [-0.1, -0.05) is 39.7 Å². The molecule has 120 valence electrons. The van der Waals surface area contributed by atoms with Gasteiger partial charge in [-0.05, 0) is 73.6 Å². The quantitative estimate of drug-likeness (QED) is 0.599. The smallest absolute Gasteiger partial charge is 0.119 e. The summed E-state index contributed by atoms with van der Waals surface area (Å²) < 4.78 is 6.53. The zero-order valence-corrected chi connectivity index (χ0v) is 15.4. The fraction of sp³-hybridized carbons (Fsp3) is 0.333. The minimum atomic E-state index is 0.168. The molecule has 0 fully saturated rings. The summed E-state index contributed by atoms with van der Waals surface area (Å²) in [5.41, 5.74) is 5.72. The van der Waals surface area contributed by atoms with Gasteiger partial charge in [0.15, 0.2) is 0 Å². The highest BCUT2D eigenvalue weighted by atomic mass is 79.9. The van der Waals surface area contributed by atoms with Crippen LogP contribution in [0.5, 0.6) is 5.75 Å². The number of methoxy groups -OCH3 is 1. The van der Waals surface area contributed by atoms with Gasteiger partial charge in [0, 0.05) is 9.89 Å². The lowest BCUT2D eigenvalue weighted by atomic mass is 9.72. The average molecular weight is 371 g/mol.